The predicted molar refractivity (Wildman–Crippen MR) is 67.6 cm³/mol. The summed E-state index contributed by atoms with van der Waals surface area (Å²) in [7, 11) is 0. The zero-order valence-corrected chi connectivity index (χ0v) is 11.2. The molecule has 6 nitrogen and oxygen atoms in total. The Bertz CT molecular complexity index is 363. The maximum absolute atomic E-state index is 8.95. The molecule has 1 aromatic heterocycles. The summed E-state index contributed by atoms with van der Waals surface area (Å²) in [5.74, 6) is 0.841. The van der Waals surface area contributed by atoms with Crippen molar-refractivity contribution in [3.05, 3.63) is 11.4 Å². The molecule has 1 aromatic rings. The fourth-order valence-corrected chi connectivity index (χ4v) is 2.30. The Kier molecular flexibility index (Phi) is 5.99. The lowest BCUT2D eigenvalue weighted by molar-refractivity contribution is 0.302. The van der Waals surface area contributed by atoms with Crippen LogP contribution in [-0.2, 0) is 0 Å². The molecule has 1 N–H and O–H groups in total. The zero-order chi connectivity index (χ0) is 12.7. The molecule has 1 rings (SSSR count). The molecule has 7 heteroatoms. The van der Waals surface area contributed by atoms with Crippen molar-refractivity contribution in [2.45, 2.75) is 20.8 Å². The van der Waals surface area contributed by atoms with Gasteiger partial charge in [-0.3, -0.25) is 0 Å². The number of hydrogen-bond acceptors (Lipinski definition) is 7. The summed E-state index contributed by atoms with van der Waals surface area (Å²) in [4.78, 5) is 2.30. The fraction of sp³-hybridized carbons (Fsp3) is 0.700. The van der Waals surface area contributed by atoms with Crippen LogP contribution in [0.25, 0.3) is 0 Å². The molecule has 17 heavy (non-hydrogen) atoms. The fourth-order valence-electron chi connectivity index (χ4n) is 1.38. The van der Waals surface area contributed by atoms with Crippen LogP contribution in [0.15, 0.2) is 9.78 Å². The molecule has 0 spiro atoms. The van der Waals surface area contributed by atoms with Gasteiger partial charge < -0.3 is 10.1 Å². The molecule has 1 heterocycles. The van der Waals surface area contributed by atoms with E-state index in [1.807, 2.05) is 0 Å². The van der Waals surface area contributed by atoms with Crippen molar-refractivity contribution in [2.75, 3.05) is 25.4 Å². The third-order valence-corrected chi connectivity index (χ3v) is 3.42. The van der Waals surface area contributed by atoms with Crippen LogP contribution < -0.4 is 0 Å². The zero-order valence-electron chi connectivity index (χ0n) is 10.4. The predicted octanol–water partition coefficient (Wildman–Crippen LogP) is 1.59. The second-order valence-electron chi connectivity index (χ2n) is 3.48. The van der Waals surface area contributed by atoms with Gasteiger partial charge in [0.05, 0.1) is 0 Å². The monoisotopic (exact) mass is 258 g/mol. The summed E-state index contributed by atoms with van der Waals surface area (Å²) in [5.41, 5.74) is 1.14. The van der Waals surface area contributed by atoms with Gasteiger partial charge in [-0.2, -0.15) is 0 Å². The summed E-state index contributed by atoms with van der Waals surface area (Å²) >= 11 is 1.45. The Balaban J connectivity index is 2.47. The number of rotatable bonds is 6. The molecule has 0 saturated carbocycles. The van der Waals surface area contributed by atoms with Crippen molar-refractivity contribution in [3.63, 3.8) is 0 Å². The highest BCUT2D eigenvalue weighted by Gasteiger charge is 2.14. The van der Waals surface area contributed by atoms with Crippen molar-refractivity contribution in [2.24, 2.45) is 5.16 Å². The van der Waals surface area contributed by atoms with E-state index in [9.17, 15) is 0 Å². The first kappa shape index (κ1) is 14.0. The molecule has 0 amide bonds. The van der Waals surface area contributed by atoms with Crippen LogP contribution in [0, 0.1) is 6.92 Å². The molecule has 0 aliphatic carbocycles. The van der Waals surface area contributed by atoms with Crippen LogP contribution in [0.4, 0.5) is 0 Å². The summed E-state index contributed by atoms with van der Waals surface area (Å²) < 4.78 is 4.58. The second kappa shape index (κ2) is 7.29. The van der Waals surface area contributed by atoms with Crippen LogP contribution in [0.2, 0.25) is 0 Å². The van der Waals surface area contributed by atoms with E-state index in [1.165, 1.54) is 11.8 Å². The Morgan fingerprint density at radius 2 is 2.12 bits per heavy atom. The van der Waals surface area contributed by atoms with Crippen LogP contribution in [-0.4, -0.2) is 50.9 Å². The molecule has 0 saturated heterocycles. The van der Waals surface area contributed by atoms with Gasteiger partial charge in [-0.15, -0.1) is 0 Å². The highest BCUT2D eigenvalue weighted by Crippen LogP contribution is 2.14. The SMILES string of the molecule is CCN(CC)CCS/C(=N\O)c1nonc1C. The topological polar surface area (TPSA) is 74.8 Å². The average Bonchev–Trinajstić information content (AvgIpc) is 2.76. The molecule has 0 radical (unpaired) electrons. The van der Waals surface area contributed by atoms with Gasteiger partial charge in [0, 0.05) is 12.3 Å². The van der Waals surface area contributed by atoms with Gasteiger partial charge in [-0.1, -0.05) is 35.9 Å². The van der Waals surface area contributed by atoms with E-state index in [-0.39, 0.29) is 0 Å². The average molecular weight is 258 g/mol. The Morgan fingerprint density at radius 3 is 2.59 bits per heavy atom. The summed E-state index contributed by atoms with van der Waals surface area (Å²) in [6.07, 6.45) is 0. The third kappa shape index (κ3) is 4.01. The van der Waals surface area contributed by atoms with E-state index in [2.05, 4.69) is 38.8 Å². The molecule has 0 aliphatic rings. The lowest BCUT2D eigenvalue weighted by Crippen LogP contribution is -2.25. The molecule has 0 bridgehead atoms. The van der Waals surface area contributed by atoms with Crippen LogP contribution >= 0.6 is 11.8 Å². The van der Waals surface area contributed by atoms with Crippen molar-refractivity contribution in [1.29, 1.82) is 0 Å². The van der Waals surface area contributed by atoms with Gasteiger partial charge in [0.1, 0.15) is 5.69 Å². The first-order chi connectivity index (χ1) is 8.22. The van der Waals surface area contributed by atoms with E-state index in [0.29, 0.717) is 16.4 Å². The van der Waals surface area contributed by atoms with E-state index in [1.54, 1.807) is 6.92 Å². The van der Waals surface area contributed by atoms with E-state index >= 15 is 0 Å². The van der Waals surface area contributed by atoms with E-state index < -0.39 is 0 Å². The van der Waals surface area contributed by atoms with E-state index in [4.69, 9.17) is 5.21 Å². The van der Waals surface area contributed by atoms with Crippen molar-refractivity contribution in [3.8, 4) is 0 Å². The van der Waals surface area contributed by atoms with Gasteiger partial charge >= 0.3 is 0 Å². The molecule has 0 atom stereocenters. The first-order valence-electron chi connectivity index (χ1n) is 5.59. The van der Waals surface area contributed by atoms with Crippen molar-refractivity contribution >= 4 is 16.8 Å². The summed E-state index contributed by atoms with van der Waals surface area (Å²) in [6.45, 7) is 9.01. The number of thioether (sulfide) groups is 1. The standard InChI is InChI=1S/C10H18N4O2S/c1-4-14(5-2)6-7-17-10(11-15)9-8(3)12-16-13-9/h15H,4-7H2,1-3H3/b11-10-. The smallest absolute Gasteiger partial charge is 0.167 e. The minimum Gasteiger partial charge on any atom is -0.410 e. The van der Waals surface area contributed by atoms with Gasteiger partial charge in [0.25, 0.3) is 0 Å². The Morgan fingerprint density at radius 1 is 1.41 bits per heavy atom. The minimum atomic E-state index is 0.455. The van der Waals surface area contributed by atoms with Crippen molar-refractivity contribution < 1.29 is 9.84 Å². The second-order valence-corrected chi connectivity index (χ2v) is 4.56. The highest BCUT2D eigenvalue weighted by atomic mass is 32.2. The maximum Gasteiger partial charge on any atom is 0.167 e. The number of aromatic nitrogens is 2. The van der Waals surface area contributed by atoms with Crippen molar-refractivity contribution in [1.82, 2.24) is 15.2 Å². The number of nitrogens with zero attached hydrogens (tertiary/aromatic N) is 4. The lowest BCUT2D eigenvalue weighted by Gasteiger charge is -2.17. The maximum atomic E-state index is 8.95. The number of hydrogen-bond donors (Lipinski definition) is 1. The van der Waals surface area contributed by atoms with Gasteiger partial charge in [0.2, 0.25) is 0 Å². The Labute approximate surface area is 105 Å². The van der Waals surface area contributed by atoms with Crippen LogP contribution in [0.1, 0.15) is 25.2 Å². The summed E-state index contributed by atoms with van der Waals surface area (Å²) in [5, 5.41) is 20.0. The van der Waals surface area contributed by atoms with Crippen LogP contribution in [0.5, 0.6) is 0 Å². The largest absolute Gasteiger partial charge is 0.410 e. The van der Waals surface area contributed by atoms with Gasteiger partial charge in [-0.25, -0.2) is 4.63 Å². The molecule has 0 aliphatic heterocycles. The molecule has 0 aromatic carbocycles. The normalized spacial score (nSPS) is 12.4. The number of oxime groups is 1. The van der Waals surface area contributed by atoms with E-state index in [0.717, 1.165) is 25.4 Å². The molecular formula is C10H18N4O2S. The Hall–Kier alpha value is -1.08. The molecule has 96 valence electrons. The summed E-state index contributed by atoms with van der Waals surface area (Å²) in [6, 6.07) is 0. The van der Waals surface area contributed by atoms with Crippen LogP contribution in [0.3, 0.4) is 0 Å². The number of aryl methyl sites for hydroxylation is 1. The molecule has 0 fully saturated rings. The molecular weight excluding hydrogens is 240 g/mol. The lowest BCUT2D eigenvalue weighted by atomic mass is 10.4. The quantitative estimate of drug-likeness (QED) is 0.361. The van der Waals surface area contributed by atoms with Gasteiger partial charge in [-0.05, 0) is 25.2 Å². The first-order valence-corrected chi connectivity index (χ1v) is 6.58. The third-order valence-electron chi connectivity index (χ3n) is 2.49. The van der Waals surface area contributed by atoms with Gasteiger partial charge in [0.15, 0.2) is 10.7 Å². The molecule has 0 unspecified atom stereocenters. The minimum absolute atomic E-state index is 0.455. The highest BCUT2D eigenvalue weighted by molar-refractivity contribution is 8.14.